The van der Waals surface area contributed by atoms with Crippen LogP contribution in [0.3, 0.4) is 0 Å². The Hall–Kier alpha value is -3.32. The number of fused-ring (bicyclic) bond motifs is 1. The van der Waals surface area contributed by atoms with Crippen LogP contribution in [0.5, 0.6) is 0 Å². The molecule has 0 spiro atoms. The van der Waals surface area contributed by atoms with Crippen LogP contribution < -0.4 is 5.73 Å². The molecule has 1 aromatic heterocycles. The molecule has 29 heavy (non-hydrogen) atoms. The number of para-hydroxylation sites is 1. The van der Waals surface area contributed by atoms with Gasteiger partial charge in [0.2, 0.25) is 11.8 Å². The van der Waals surface area contributed by atoms with Crippen LogP contribution in [-0.2, 0) is 16.0 Å². The van der Waals surface area contributed by atoms with Gasteiger partial charge in [0.25, 0.3) is 0 Å². The molecular weight excluding hydrogens is 373 g/mol. The van der Waals surface area contributed by atoms with Gasteiger partial charge in [-0.3, -0.25) is 9.59 Å². The lowest BCUT2D eigenvalue weighted by molar-refractivity contribution is -0.138. The topological polar surface area (TPSA) is 85.5 Å². The Balaban J connectivity index is 1.56. The molecule has 1 saturated heterocycles. The number of rotatable bonds is 4. The first kappa shape index (κ1) is 19.0. The Labute approximate surface area is 167 Å². The fourth-order valence-corrected chi connectivity index (χ4v) is 3.51. The van der Waals surface area contributed by atoms with Crippen LogP contribution in [0.15, 0.2) is 54.6 Å². The lowest BCUT2D eigenvalue weighted by Crippen LogP contribution is -2.43. The molecule has 1 fully saturated rings. The minimum absolute atomic E-state index is 0.0687. The summed E-state index contributed by atoms with van der Waals surface area (Å²) < 4.78 is 18.9. The van der Waals surface area contributed by atoms with Crippen LogP contribution in [0, 0.1) is 5.82 Å². The summed E-state index contributed by atoms with van der Waals surface area (Å²) in [5.41, 5.74) is 7.90. The van der Waals surface area contributed by atoms with E-state index < -0.39 is 12.0 Å². The van der Waals surface area contributed by atoms with E-state index >= 15 is 0 Å². The molecule has 6 nitrogen and oxygen atoms in total. The highest BCUT2D eigenvalue weighted by atomic mass is 19.1. The van der Waals surface area contributed by atoms with E-state index in [0.717, 1.165) is 5.56 Å². The molecule has 0 aliphatic carbocycles. The molecule has 1 aliphatic rings. The van der Waals surface area contributed by atoms with Crippen molar-refractivity contribution in [2.45, 2.75) is 12.5 Å². The van der Waals surface area contributed by atoms with Gasteiger partial charge in [-0.25, -0.2) is 9.37 Å². The molecule has 0 radical (unpaired) electrons. The zero-order valence-corrected chi connectivity index (χ0v) is 15.7. The maximum Gasteiger partial charge on any atom is 0.249 e. The van der Waals surface area contributed by atoms with Crippen molar-refractivity contribution in [3.05, 3.63) is 77.2 Å². The number of aromatic nitrogens is 1. The van der Waals surface area contributed by atoms with E-state index in [1.165, 1.54) is 12.1 Å². The molecule has 2 N–H and O–H groups in total. The number of carbonyl (C=O) groups is 2. The first-order chi connectivity index (χ1) is 14.0. The zero-order chi connectivity index (χ0) is 20.4. The quantitative estimate of drug-likeness (QED) is 0.738. The van der Waals surface area contributed by atoms with Crippen LogP contribution in [0.4, 0.5) is 4.39 Å². The van der Waals surface area contributed by atoms with Crippen molar-refractivity contribution < 1.29 is 18.7 Å². The third-order valence-electron chi connectivity index (χ3n) is 5.02. The number of primary amides is 1. The lowest BCUT2D eigenvalue weighted by atomic mass is 10.0. The van der Waals surface area contributed by atoms with Crippen molar-refractivity contribution in [2.24, 2.45) is 5.73 Å². The van der Waals surface area contributed by atoms with E-state index in [-0.39, 0.29) is 18.1 Å². The monoisotopic (exact) mass is 393 g/mol. The Bertz CT molecular complexity index is 1070. The van der Waals surface area contributed by atoms with Gasteiger partial charge < -0.3 is 15.4 Å². The molecule has 0 saturated carbocycles. The highest BCUT2D eigenvalue weighted by molar-refractivity contribution is 6.05. The number of hydrogen-bond acceptors (Lipinski definition) is 4. The molecule has 1 atom stereocenters. The molecular formula is C22H20FN3O3. The molecule has 148 valence electrons. The number of hydrogen-bond donors (Lipinski definition) is 1. The maximum atomic E-state index is 13.1. The number of pyridine rings is 1. The number of ether oxygens (including phenoxy) is 1. The van der Waals surface area contributed by atoms with Gasteiger partial charge in [-0.05, 0) is 29.8 Å². The smallest absolute Gasteiger partial charge is 0.249 e. The van der Waals surface area contributed by atoms with Crippen LogP contribution in [0.1, 0.15) is 27.7 Å². The highest BCUT2D eigenvalue weighted by Gasteiger charge is 2.27. The molecule has 1 aliphatic heterocycles. The largest absolute Gasteiger partial charge is 0.368 e. The molecule has 0 bridgehead atoms. The van der Waals surface area contributed by atoms with E-state index in [9.17, 15) is 14.0 Å². The predicted octanol–water partition coefficient (Wildman–Crippen LogP) is 2.62. The van der Waals surface area contributed by atoms with Crippen molar-refractivity contribution in [3.8, 4) is 0 Å². The summed E-state index contributed by atoms with van der Waals surface area (Å²) in [5, 5.41) is 0.684. The van der Waals surface area contributed by atoms with Crippen molar-refractivity contribution in [2.75, 3.05) is 19.7 Å². The molecule has 2 heterocycles. The number of nitrogens with two attached hydrogens (primary N) is 1. The summed E-state index contributed by atoms with van der Waals surface area (Å²) in [6.07, 6.45) is -0.270. The van der Waals surface area contributed by atoms with Crippen molar-refractivity contribution >= 4 is 22.7 Å². The van der Waals surface area contributed by atoms with Crippen molar-refractivity contribution in [1.82, 2.24) is 9.88 Å². The zero-order valence-electron chi connectivity index (χ0n) is 15.7. The van der Waals surface area contributed by atoms with E-state index in [4.69, 9.17) is 10.5 Å². The Morgan fingerprint density at radius 3 is 2.69 bits per heavy atom. The predicted molar refractivity (Wildman–Crippen MR) is 106 cm³/mol. The average molecular weight is 393 g/mol. The Morgan fingerprint density at radius 2 is 1.93 bits per heavy atom. The van der Waals surface area contributed by atoms with Crippen molar-refractivity contribution in [3.63, 3.8) is 0 Å². The maximum absolute atomic E-state index is 13.1. The van der Waals surface area contributed by atoms with Crippen LogP contribution in [0.2, 0.25) is 0 Å². The van der Waals surface area contributed by atoms with Crippen molar-refractivity contribution in [1.29, 1.82) is 0 Å². The van der Waals surface area contributed by atoms with E-state index in [0.29, 0.717) is 41.9 Å². The summed E-state index contributed by atoms with van der Waals surface area (Å²) >= 11 is 0. The fourth-order valence-electron chi connectivity index (χ4n) is 3.51. The summed E-state index contributed by atoms with van der Waals surface area (Å²) in [4.78, 5) is 30.9. The number of amides is 2. The number of halogens is 1. The second-order valence-electron chi connectivity index (χ2n) is 6.98. The Kier molecular flexibility index (Phi) is 5.22. The standard InChI is InChI=1S/C22H20FN3O3/c23-15-7-5-14(6-8-15)11-21(27)26-9-10-29-20(13-26)19-12-17(22(24)28)16-3-1-2-4-18(16)25-19/h1-8,12,20H,9-11,13H2,(H2,24,28)/t20-/m1/s1. The molecule has 4 rings (SSSR count). The second kappa shape index (κ2) is 7.97. The number of nitrogens with zero attached hydrogens (tertiary/aromatic N) is 2. The third kappa shape index (κ3) is 4.09. The summed E-state index contributed by atoms with van der Waals surface area (Å²) in [5.74, 6) is -0.939. The van der Waals surface area contributed by atoms with Gasteiger partial charge in [0, 0.05) is 11.9 Å². The molecule has 0 unspecified atom stereocenters. The first-order valence-electron chi connectivity index (χ1n) is 9.34. The molecule has 2 aromatic carbocycles. The minimum atomic E-state index is -0.537. The van der Waals surface area contributed by atoms with E-state index in [1.807, 2.05) is 18.2 Å². The number of benzene rings is 2. The highest BCUT2D eigenvalue weighted by Crippen LogP contribution is 2.26. The minimum Gasteiger partial charge on any atom is -0.368 e. The van der Waals surface area contributed by atoms with Gasteiger partial charge in [-0.15, -0.1) is 0 Å². The summed E-state index contributed by atoms with van der Waals surface area (Å²) in [6, 6.07) is 14.8. The molecule has 7 heteroatoms. The van der Waals surface area contributed by atoms with Gasteiger partial charge in [0.1, 0.15) is 11.9 Å². The third-order valence-corrected chi connectivity index (χ3v) is 5.02. The van der Waals surface area contributed by atoms with Gasteiger partial charge in [0.05, 0.1) is 36.3 Å². The second-order valence-corrected chi connectivity index (χ2v) is 6.98. The number of morpholine rings is 1. The molecule has 3 aromatic rings. The fraction of sp³-hybridized carbons (Fsp3) is 0.227. The Morgan fingerprint density at radius 1 is 1.17 bits per heavy atom. The molecule has 2 amide bonds. The number of carbonyl (C=O) groups excluding carboxylic acids is 2. The summed E-state index contributed by atoms with van der Waals surface area (Å²) in [7, 11) is 0. The lowest BCUT2D eigenvalue weighted by Gasteiger charge is -2.33. The average Bonchev–Trinajstić information content (AvgIpc) is 2.74. The summed E-state index contributed by atoms with van der Waals surface area (Å²) in [6.45, 7) is 1.15. The van der Waals surface area contributed by atoms with Crippen LogP contribution in [0.25, 0.3) is 10.9 Å². The van der Waals surface area contributed by atoms with Gasteiger partial charge >= 0.3 is 0 Å². The van der Waals surface area contributed by atoms with Crippen LogP contribution in [-0.4, -0.2) is 41.4 Å². The van der Waals surface area contributed by atoms with Gasteiger partial charge in [-0.2, -0.15) is 0 Å². The van der Waals surface area contributed by atoms with Crippen LogP contribution >= 0.6 is 0 Å². The van der Waals surface area contributed by atoms with Gasteiger partial charge in [-0.1, -0.05) is 30.3 Å². The first-order valence-corrected chi connectivity index (χ1v) is 9.34. The van der Waals surface area contributed by atoms with E-state index in [2.05, 4.69) is 4.98 Å². The van der Waals surface area contributed by atoms with Gasteiger partial charge in [0.15, 0.2) is 0 Å². The van der Waals surface area contributed by atoms with E-state index in [1.54, 1.807) is 29.2 Å². The normalized spacial score (nSPS) is 16.7. The SMILES string of the molecule is NC(=O)c1cc([C@H]2CN(C(=O)Cc3ccc(F)cc3)CCO2)nc2ccccc12.